The summed E-state index contributed by atoms with van der Waals surface area (Å²) < 4.78 is 11.0. The molecular weight excluding hydrogens is 280 g/mol. The predicted octanol–water partition coefficient (Wildman–Crippen LogP) is 3.86. The topological polar surface area (TPSA) is 52.6 Å². The maximum absolute atomic E-state index is 12.4. The molecule has 1 aromatic carbocycles. The number of carbonyl (C=O) groups excluding carboxylic acids is 2. The number of fused-ring (bicyclic) bond motifs is 1. The van der Waals surface area contributed by atoms with Crippen LogP contribution in [-0.2, 0) is 9.53 Å². The van der Waals surface area contributed by atoms with Crippen LogP contribution >= 0.6 is 0 Å². The van der Waals surface area contributed by atoms with Crippen LogP contribution < -0.4 is 4.74 Å². The van der Waals surface area contributed by atoms with Crippen molar-refractivity contribution in [3.05, 3.63) is 28.8 Å². The second kappa shape index (κ2) is 5.75. The fourth-order valence-corrected chi connectivity index (χ4v) is 2.64. The highest BCUT2D eigenvalue weighted by atomic mass is 16.5. The predicted molar refractivity (Wildman–Crippen MR) is 84.1 cm³/mol. The number of carbonyl (C=O) groups is 2. The molecular formula is C18H24O4. The number of ether oxygens (including phenoxy) is 2. The van der Waals surface area contributed by atoms with Gasteiger partial charge in [0.05, 0.1) is 12.5 Å². The van der Waals surface area contributed by atoms with E-state index in [-0.39, 0.29) is 17.7 Å². The van der Waals surface area contributed by atoms with E-state index in [0.29, 0.717) is 17.7 Å². The van der Waals surface area contributed by atoms with E-state index in [2.05, 4.69) is 0 Å². The number of hydrogen-bond donors (Lipinski definition) is 0. The summed E-state index contributed by atoms with van der Waals surface area (Å²) in [4.78, 5) is 24.6. The van der Waals surface area contributed by atoms with Crippen LogP contribution in [0.4, 0.5) is 0 Å². The Morgan fingerprint density at radius 3 is 2.45 bits per heavy atom. The van der Waals surface area contributed by atoms with Gasteiger partial charge in [-0.15, -0.1) is 0 Å². The van der Waals surface area contributed by atoms with Crippen molar-refractivity contribution in [2.75, 3.05) is 7.11 Å². The maximum Gasteiger partial charge on any atom is 0.311 e. The number of methoxy groups -OCH3 is 1. The van der Waals surface area contributed by atoms with Crippen molar-refractivity contribution < 1.29 is 19.1 Å². The summed E-state index contributed by atoms with van der Waals surface area (Å²) in [6, 6.07) is 3.67. The Labute approximate surface area is 131 Å². The molecule has 1 aromatic rings. The van der Waals surface area contributed by atoms with Gasteiger partial charge in [-0.1, -0.05) is 6.92 Å². The molecule has 0 saturated heterocycles. The number of rotatable bonds is 2. The van der Waals surface area contributed by atoms with Crippen LogP contribution in [0.15, 0.2) is 12.1 Å². The lowest BCUT2D eigenvalue weighted by Gasteiger charge is -2.31. The first-order valence-electron chi connectivity index (χ1n) is 7.59. The molecule has 1 aliphatic carbocycles. The highest BCUT2D eigenvalue weighted by molar-refractivity contribution is 6.00. The van der Waals surface area contributed by atoms with E-state index < -0.39 is 11.5 Å². The molecule has 0 aromatic heterocycles. The van der Waals surface area contributed by atoms with Crippen LogP contribution in [0, 0.1) is 18.3 Å². The van der Waals surface area contributed by atoms with E-state index in [0.717, 1.165) is 11.1 Å². The van der Waals surface area contributed by atoms with Gasteiger partial charge < -0.3 is 9.47 Å². The lowest BCUT2D eigenvalue weighted by Crippen LogP contribution is -2.30. The van der Waals surface area contributed by atoms with Crippen molar-refractivity contribution in [2.45, 2.75) is 47.1 Å². The number of ketones is 1. The minimum absolute atomic E-state index is 0.101. The summed E-state index contributed by atoms with van der Waals surface area (Å²) >= 11 is 0. The molecule has 0 heterocycles. The molecule has 0 spiro atoms. The van der Waals surface area contributed by atoms with Gasteiger partial charge in [-0.25, -0.2) is 0 Å². The summed E-state index contributed by atoms with van der Waals surface area (Å²) in [6.45, 7) is 9.25. The molecule has 2 rings (SSSR count). The first-order valence-corrected chi connectivity index (χ1v) is 7.59. The Bertz CT molecular complexity index is 610. The van der Waals surface area contributed by atoms with Crippen LogP contribution in [0.3, 0.4) is 0 Å². The molecule has 0 amide bonds. The minimum atomic E-state index is -0.570. The van der Waals surface area contributed by atoms with Gasteiger partial charge in [-0.2, -0.15) is 0 Å². The third-order valence-corrected chi connectivity index (χ3v) is 4.06. The lowest BCUT2D eigenvalue weighted by molar-refractivity contribution is -0.160. The van der Waals surface area contributed by atoms with E-state index in [4.69, 9.17) is 9.47 Å². The van der Waals surface area contributed by atoms with Crippen LogP contribution in [0.25, 0.3) is 0 Å². The molecule has 4 nitrogen and oxygen atoms in total. The third kappa shape index (κ3) is 3.01. The van der Waals surface area contributed by atoms with Gasteiger partial charge >= 0.3 is 5.97 Å². The summed E-state index contributed by atoms with van der Waals surface area (Å²) in [5.41, 5.74) is 1.73. The number of hydrogen-bond acceptors (Lipinski definition) is 4. The van der Waals surface area contributed by atoms with Crippen molar-refractivity contribution >= 4 is 11.8 Å². The number of aryl methyl sites for hydroxylation is 1. The Kier molecular flexibility index (Phi) is 4.32. The molecule has 0 saturated carbocycles. The normalized spacial score (nSPS) is 21.3. The van der Waals surface area contributed by atoms with Crippen LogP contribution in [0.1, 0.15) is 61.7 Å². The van der Waals surface area contributed by atoms with Crippen LogP contribution in [0.2, 0.25) is 0 Å². The second-order valence-electron chi connectivity index (χ2n) is 7.05. The van der Waals surface area contributed by atoms with Gasteiger partial charge in [0.25, 0.3) is 0 Å². The average molecular weight is 304 g/mol. The molecule has 0 fully saturated rings. The van der Waals surface area contributed by atoms with Crippen molar-refractivity contribution in [3.63, 3.8) is 0 Å². The van der Waals surface area contributed by atoms with Crippen LogP contribution in [0.5, 0.6) is 5.75 Å². The molecule has 0 bridgehead atoms. The summed E-state index contributed by atoms with van der Waals surface area (Å²) in [5, 5.41) is 0. The van der Waals surface area contributed by atoms with E-state index in [1.807, 2.05) is 46.8 Å². The number of Topliss-reactive ketones (excluding diaryl/α,β-unsaturated/α-hetero) is 1. The Morgan fingerprint density at radius 2 is 1.91 bits per heavy atom. The molecule has 2 unspecified atom stereocenters. The zero-order chi connectivity index (χ0) is 16.7. The summed E-state index contributed by atoms with van der Waals surface area (Å²) in [5.74, 6) is 0.393. The monoisotopic (exact) mass is 304 g/mol. The highest BCUT2D eigenvalue weighted by Crippen LogP contribution is 2.39. The quantitative estimate of drug-likeness (QED) is 0.779. The zero-order valence-corrected chi connectivity index (χ0v) is 14.1. The minimum Gasteiger partial charge on any atom is -0.496 e. The SMILES string of the molecule is COc1cc2c(cc1C)C(=O)C(C)CC2OC(=O)C(C)(C)C. The van der Waals surface area contributed by atoms with Gasteiger partial charge in [0.15, 0.2) is 5.78 Å². The Hall–Kier alpha value is -1.84. The molecule has 120 valence electrons. The first-order chi connectivity index (χ1) is 10.1. The molecule has 0 N–H and O–H groups in total. The van der Waals surface area contributed by atoms with Crippen LogP contribution in [-0.4, -0.2) is 18.9 Å². The Morgan fingerprint density at radius 1 is 1.27 bits per heavy atom. The fraction of sp³-hybridized carbons (Fsp3) is 0.556. The Balaban J connectivity index is 2.45. The molecule has 0 radical (unpaired) electrons. The highest BCUT2D eigenvalue weighted by Gasteiger charge is 2.36. The van der Waals surface area contributed by atoms with Crippen molar-refractivity contribution in [1.82, 2.24) is 0 Å². The van der Waals surface area contributed by atoms with Gasteiger partial charge in [0.2, 0.25) is 0 Å². The van der Waals surface area contributed by atoms with Crippen molar-refractivity contribution in [1.29, 1.82) is 0 Å². The van der Waals surface area contributed by atoms with Crippen molar-refractivity contribution in [2.24, 2.45) is 11.3 Å². The van der Waals surface area contributed by atoms with Gasteiger partial charge in [-0.3, -0.25) is 9.59 Å². The second-order valence-corrected chi connectivity index (χ2v) is 7.05. The summed E-state index contributed by atoms with van der Waals surface area (Å²) in [7, 11) is 1.60. The van der Waals surface area contributed by atoms with E-state index in [1.54, 1.807) is 7.11 Å². The zero-order valence-electron chi connectivity index (χ0n) is 14.1. The largest absolute Gasteiger partial charge is 0.496 e. The average Bonchev–Trinajstić information content (AvgIpc) is 2.43. The summed E-state index contributed by atoms with van der Waals surface area (Å²) in [6.07, 6.45) is 0.115. The van der Waals surface area contributed by atoms with E-state index in [9.17, 15) is 9.59 Å². The van der Waals surface area contributed by atoms with Crippen molar-refractivity contribution in [3.8, 4) is 5.75 Å². The fourth-order valence-electron chi connectivity index (χ4n) is 2.64. The van der Waals surface area contributed by atoms with Gasteiger partial charge in [-0.05, 0) is 51.8 Å². The molecule has 4 heteroatoms. The first kappa shape index (κ1) is 16.5. The standard InChI is InChI=1S/C18H24O4/c1-10-7-13-12(9-14(10)21-6)15(8-11(2)16(13)19)22-17(20)18(3,4)5/h7,9,11,15H,8H2,1-6H3. The van der Waals surface area contributed by atoms with E-state index in [1.165, 1.54) is 0 Å². The molecule has 22 heavy (non-hydrogen) atoms. The van der Waals surface area contributed by atoms with Gasteiger partial charge in [0.1, 0.15) is 11.9 Å². The third-order valence-electron chi connectivity index (χ3n) is 4.06. The molecule has 2 atom stereocenters. The van der Waals surface area contributed by atoms with E-state index >= 15 is 0 Å². The maximum atomic E-state index is 12.4. The van der Waals surface area contributed by atoms with Gasteiger partial charge in [0, 0.05) is 17.0 Å². The molecule has 1 aliphatic rings. The number of benzene rings is 1. The smallest absolute Gasteiger partial charge is 0.311 e. The lowest BCUT2D eigenvalue weighted by atomic mass is 9.81. The molecule has 0 aliphatic heterocycles. The number of esters is 1.